The van der Waals surface area contributed by atoms with Crippen LogP contribution in [0.15, 0.2) is 81.3 Å². The van der Waals surface area contributed by atoms with Crippen LogP contribution in [0.4, 0.5) is 5.69 Å². The summed E-state index contributed by atoms with van der Waals surface area (Å²) in [7, 11) is 1.66. The van der Waals surface area contributed by atoms with E-state index in [1.54, 1.807) is 7.11 Å². The standard InChI is InChI=1S/C22H18BrN3O/c1-14-3-12-20-19(13-14)21(15-6-10-18(27-2)11-7-15)25-26-22(24-20)16-4-8-17(23)9-5-16/h3-13H,1-2H3,(H,24,26). The minimum absolute atomic E-state index is 0.719. The number of nitrogens with one attached hydrogen (secondary N) is 1. The van der Waals surface area contributed by atoms with E-state index >= 15 is 0 Å². The Morgan fingerprint density at radius 1 is 0.889 bits per heavy atom. The molecule has 1 N–H and O–H groups in total. The van der Waals surface area contributed by atoms with Crippen molar-refractivity contribution in [3.63, 3.8) is 0 Å². The van der Waals surface area contributed by atoms with Crippen molar-refractivity contribution < 1.29 is 4.74 Å². The molecule has 1 aliphatic rings. The largest absolute Gasteiger partial charge is 0.497 e. The van der Waals surface area contributed by atoms with Crippen LogP contribution in [0.3, 0.4) is 0 Å². The van der Waals surface area contributed by atoms with Crippen molar-refractivity contribution in [1.82, 2.24) is 5.43 Å². The van der Waals surface area contributed by atoms with Crippen molar-refractivity contribution in [3.8, 4) is 5.75 Å². The zero-order chi connectivity index (χ0) is 18.8. The highest BCUT2D eigenvalue weighted by Crippen LogP contribution is 2.27. The van der Waals surface area contributed by atoms with Crippen LogP contribution in [-0.2, 0) is 0 Å². The Hall–Kier alpha value is -2.92. The fraction of sp³-hybridized carbons (Fsp3) is 0.0909. The van der Waals surface area contributed by atoms with Gasteiger partial charge in [0.15, 0.2) is 5.84 Å². The molecule has 0 spiro atoms. The van der Waals surface area contributed by atoms with Gasteiger partial charge in [0.1, 0.15) is 5.75 Å². The number of ether oxygens (including phenoxy) is 1. The Morgan fingerprint density at radius 3 is 2.30 bits per heavy atom. The molecule has 0 unspecified atom stereocenters. The lowest BCUT2D eigenvalue weighted by molar-refractivity contribution is 0.415. The Morgan fingerprint density at radius 2 is 1.59 bits per heavy atom. The minimum atomic E-state index is 0.719. The number of hydrogen-bond acceptors (Lipinski definition) is 4. The van der Waals surface area contributed by atoms with Gasteiger partial charge in [0, 0.05) is 21.2 Å². The van der Waals surface area contributed by atoms with Crippen LogP contribution in [0.5, 0.6) is 5.75 Å². The first-order valence-corrected chi connectivity index (χ1v) is 9.37. The van der Waals surface area contributed by atoms with Crippen LogP contribution in [0, 0.1) is 6.92 Å². The van der Waals surface area contributed by atoms with Crippen LogP contribution in [-0.4, -0.2) is 18.7 Å². The summed E-state index contributed by atoms with van der Waals surface area (Å²) in [6.45, 7) is 2.07. The van der Waals surface area contributed by atoms with Gasteiger partial charge in [-0.05, 0) is 55.5 Å². The molecule has 134 valence electrons. The number of benzene rings is 3. The van der Waals surface area contributed by atoms with E-state index in [1.807, 2.05) is 54.6 Å². The second kappa shape index (κ2) is 7.37. The van der Waals surface area contributed by atoms with Gasteiger partial charge >= 0.3 is 0 Å². The van der Waals surface area contributed by atoms with E-state index in [4.69, 9.17) is 14.8 Å². The molecule has 27 heavy (non-hydrogen) atoms. The van der Waals surface area contributed by atoms with Gasteiger partial charge in [-0.1, -0.05) is 39.7 Å². The fourth-order valence-electron chi connectivity index (χ4n) is 2.96. The number of nitrogens with zero attached hydrogens (tertiary/aromatic N) is 2. The predicted octanol–water partition coefficient (Wildman–Crippen LogP) is 5.20. The lowest BCUT2D eigenvalue weighted by atomic mass is 9.99. The normalized spacial score (nSPS) is 13.0. The minimum Gasteiger partial charge on any atom is -0.497 e. The highest BCUT2D eigenvalue weighted by molar-refractivity contribution is 9.10. The maximum atomic E-state index is 5.27. The van der Waals surface area contributed by atoms with Crippen molar-refractivity contribution in [2.24, 2.45) is 10.1 Å². The lowest BCUT2D eigenvalue weighted by Gasteiger charge is -2.09. The number of methoxy groups -OCH3 is 1. The number of aliphatic imine (C=N–C) groups is 1. The smallest absolute Gasteiger partial charge is 0.154 e. The van der Waals surface area contributed by atoms with Gasteiger partial charge in [0.2, 0.25) is 0 Å². The molecule has 0 aromatic heterocycles. The third-order valence-corrected chi connectivity index (χ3v) is 4.92. The first-order chi connectivity index (χ1) is 13.1. The van der Waals surface area contributed by atoms with Crippen molar-refractivity contribution >= 4 is 33.2 Å². The Bertz CT molecular complexity index is 1040. The van der Waals surface area contributed by atoms with E-state index in [0.29, 0.717) is 0 Å². The number of aryl methyl sites for hydroxylation is 1. The Kier molecular flexibility index (Phi) is 4.77. The molecule has 0 radical (unpaired) electrons. The van der Waals surface area contributed by atoms with Crippen LogP contribution in [0.25, 0.3) is 0 Å². The molecule has 0 atom stereocenters. The topological polar surface area (TPSA) is 46.0 Å². The molecule has 0 fully saturated rings. The molecule has 0 amide bonds. The number of hydrazone groups is 1. The first kappa shape index (κ1) is 17.5. The maximum absolute atomic E-state index is 5.27. The molecule has 1 heterocycles. The molecular formula is C22H18BrN3O. The van der Waals surface area contributed by atoms with Gasteiger partial charge in [-0.2, -0.15) is 5.10 Å². The van der Waals surface area contributed by atoms with Gasteiger partial charge in [0.05, 0.1) is 18.5 Å². The van der Waals surface area contributed by atoms with Gasteiger partial charge < -0.3 is 4.74 Å². The van der Waals surface area contributed by atoms with Crippen molar-refractivity contribution in [2.75, 3.05) is 7.11 Å². The van der Waals surface area contributed by atoms with Crippen molar-refractivity contribution in [1.29, 1.82) is 0 Å². The van der Waals surface area contributed by atoms with Crippen LogP contribution in [0.1, 0.15) is 22.3 Å². The van der Waals surface area contributed by atoms with Gasteiger partial charge in [-0.15, -0.1) is 0 Å². The number of hydrogen-bond donors (Lipinski definition) is 1. The van der Waals surface area contributed by atoms with Gasteiger partial charge in [0.25, 0.3) is 0 Å². The molecule has 0 saturated carbocycles. The van der Waals surface area contributed by atoms with E-state index < -0.39 is 0 Å². The SMILES string of the molecule is COc1ccc(C2=NNC(c3ccc(Br)cc3)=Nc3ccc(C)cc32)cc1. The molecule has 3 aromatic rings. The van der Waals surface area contributed by atoms with Crippen LogP contribution in [0.2, 0.25) is 0 Å². The molecule has 3 aromatic carbocycles. The maximum Gasteiger partial charge on any atom is 0.154 e. The van der Waals surface area contributed by atoms with E-state index in [-0.39, 0.29) is 0 Å². The summed E-state index contributed by atoms with van der Waals surface area (Å²) in [5.41, 5.74) is 9.04. The zero-order valence-corrected chi connectivity index (χ0v) is 16.6. The number of fused-ring (bicyclic) bond motifs is 1. The highest BCUT2D eigenvalue weighted by Gasteiger charge is 2.17. The molecular weight excluding hydrogens is 402 g/mol. The summed E-state index contributed by atoms with van der Waals surface area (Å²) >= 11 is 3.47. The Balaban J connectivity index is 1.83. The summed E-state index contributed by atoms with van der Waals surface area (Å²) in [4.78, 5) is 4.84. The summed E-state index contributed by atoms with van der Waals surface area (Å²) < 4.78 is 6.30. The highest BCUT2D eigenvalue weighted by atomic mass is 79.9. The van der Waals surface area contributed by atoms with Gasteiger partial charge in [-0.3, -0.25) is 5.43 Å². The van der Waals surface area contributed by atoms with Crippen molar-refractivity contribution in [2.45, 2.75) is 6.92 Å². The second-order valence-corrected chi connectivity index (χ2v) is 7.20. The van der Waals surface area contributed by atoms with Crippen LogP contribution < -0.4 is 10.2 Å². The summed E-state index contributed by atoms with van der Waals surface area (Å²) in [6, 6.07) is 22.1. The van der Waals surface area contributed by atoms with Crippen molar-refractivity contribution in [3.05, 3.63) is 93.5 Å². The predicted molar refractivity (Wildman–Crippen MR) is 113 cm³/mol. The Labute approximate surface area is 166 Å². The second-order valence-electron chi connectivity index (χ2n) is 6.29. The molecule has 5 heteroatoms. The lowest BCUT2D eigenvalue weighted by Crippen LogP contribution is -2.19. The van der Waals surface area contributed by atoms with E-state index in [2.05, 4.69) is 40.4 Å². The molecule has 1 aliphatic heterocycles. The van der Waals surface area contributed by atoms with E-state index in [0.717, 1.165) is 49.7 Å². The first-order valence-electron chi connectivity index (χ1n) is 8.58. The average molecular weight is 420 g/mol. The summed E-state index contributed by atoms with van der Waals surface area (Å²) in [5.74, 6) is 1.54. The monoisotopic (exact) mass is 419 g/mol. The molecule has 4 nitrogen and oxygen atoms in total. The number of halogens is 1. The zero-order valence-electron chi connectivity index (χ0n) is 15.0. The number of rotatable bonds is 3. The third kappa shape index (κ3) is 3.64. The molecule has 4 rings (SSSR count). The van der Waals surface area contributed by atoms with Gasteiger partial charge in [-0.25, -0.2) is 4.99 Å². The average Bonchev–Trinajstić information content (AvgIpc) is 2.88. The summed E-state index contributed by atoms with van der Waals surface area (Å²) in [5, 5.41) is 4.69. The van der Waals surface area contributed by atoms with E-state index in [1.165, 1.54) is 0 Å². The fourth-order valence-corrected chi connectivity index (χ4v) is 3.22. The number of amidine groups is 1. The molecule has 0 bridgehead atoms. The van der Waals surface area contributed by atoms with Crippen LogP contribution >= 0.6 is 15.9 Å². The summed E-state index contributed by atoms with van der Waals surface area (Å²) in [6.07, 6.45) is 0. The molecule has 0 aliphatic carbocycles. The third-order valence-electron chi connectivity index (χ3n) is 4.39. The molecule has 0 saturated heterocycles. The quantitative estimate of drug-likeness (QED) is 0.633. The van der Waals surface area contributed by atoms with E-state index in [9.17, 15) is 0 Å².